The first-order valence-electron chi connectivity index (χ1n) is 5.08. The van der Waals surface area contributed by atoms with E-state index in [1.165, 1.54) is 13.2 Å². The second kappa shape index (κ2) is 4.45. The van der Waals surface area contributed by atoms with Gasteiger partial charge >= 0.3 is 6.18 Å². The smallest absolute Gasteiger partial charge is 0.419 e. The van der Waals surface area contributed by atoms with E-state index in [0.717, 1.165) is 16.9 Å². The minimum absolute atomic E-state index is 0.0462. The number of benzene rings is 1. The maximum absolute atomic E-state index is 13.3. The van der Waals surface area contributed by atoms with Gasteiger partial charge in [-0.25, -0.2) is 9.07 Å². The Kier molecular flexibility index (Phi) is 3.09. The van der Waals surface area contributed by atoms with E-state index in [-0.39, 0.29) is 17.1 Å². The van der Waals surface area contributed by atoms with E-state index in [4.69, 9.17) is 10.5 Å². The van der Waals surface area contributed by atoms with Crippen LogP contribution >= 0.6 is 0 Å². The lowest BCUT2D eigenvalue weighted by molar-refractivity contribution is -0.137. The van der Waals surface area contributed by atoms with E-state index in [1.807, 2.05) is 0 Å². The molecule has 0 unspecified atom stereocenters. The van der Waals surface area contributed by atoms with E-state index in [2.05, 4.69) is 5.10 Å². The zero-order chi connectivity index (χ0) is 14.2. The Morgan fingerprint density at radius 3 is 2.53 bits per heavy atom. The predicted octanol–water partition coefficient (Wildman–Crippen LogP) is 2.62. The standard InChI is InChI=1S/C11H9F4N3O/c1-19-10-3-9(8(16)2-7(10)12)18-5-6(4-17-18)11(13,14)15/h2-5H,16H2,1H3. The van der Waals surface area contributed by atoms with E-state index in [0.29, 0.717) is 6.20 Å². The largest absolute Gasteiger partial charge is 0.494 e. The molecule has 0 bridgehead atoms. The van der Waals surface area contributed by atoms with Crippen molar-refractivity contribution in [2.75, 3.05) is 12.8 Å². The number of hydrogen-bond acceptors (Lipinski definition) is 3. The number of alkyl halides is 3. The molecule has 2 N–H and O–H groups in total. The van der Waals surface area contributed by atoms with Crippen LogP contribution in [0.15, 0.2) is 24.5 Å². The first kappa shape index (κ1) is 13.2. The molecule has 0 saturated heterocycles. The van der Waals surface area contributed by atoms with Crippen molar-refractivity contribution in [3.05, 3.63) is 35.9 Å². The Bertz CT molecular complexity index is 606. The van der Waals surface area contributed by atoms with Crippen LogP contribution in [0.1, 0.15) is 5.56 Å². The van der Waals surface area contributed by atoms with Gasteiger partial charge in [0.1, 0.15) is 0 Å². The molecular weight excluding hydrogens is 266 g/mol. The molecule has 0 saturated carbocycles. The number of halogens is 4. The molecule has 1 heterocycles. The zero-order valence-corrected chi connectivity index (χ0v) is 9.70. The Morgan fingerprint density at radius 2 is 2.00 bits per heavy atom. The van der Waals surface area contributed by atoms with Crippen LogP contribution in [0, 0.1) is 5.82 Å². The Balaban J connectivity index is 2.50. The molecule has 0 fully saturated rings. The third-order valence-corrected chi connectivity index (χ3v) is 2.46. The van der Waals surface area contributed by atoms with Crippen molar-refractivity contribution in [3.63, 3.8) is 0 Å². The van der Waals surface area contributed by atoms with Crippen LogP contribution in [-0.2, 0) is 6.18 Å². The number of nitrogen functional groups attached to an aromatic ring is 1. The lowest BCUT2D eigenvalue weighted by Gasteiger charge is -2.09. The van der Waals surface area contributed by atoms with Gasteiger partial charge in [-0.3, -0.25) is 0 Å². The van der Waals surface area contributed by atoms with Crippen molar-refractivity contribution in [3.8, 4) is 11.4 Å². The number of ether oxygens (including phenoxy) is 1. The summed E-state index contributed by atoms with van der Waals surface area (Å²) in [6.07, 6.45) is -3.07. The average Bonchev–Trinajstić information content (AvgIpc) is 2.78. The summed E-state index contributed by atoms with van der Waals surface area (Å²) in [4.78, 5) is 0. The van der Waals surface area contributed by atoms with Gasteiger partial charge in [0.15, 0.2) is 11.6 Å². The number of aromatic nitrogens is 2. The van der Waals surface area contributed by atoms with Gasteiger partial charge in [0.2, 0.25) is 0 Å². The highest BCUT2D eigenvalue weighted by Gasteiger charge is 2.32. The molecule has 4 nitrogen and oxygen atoms in total. The fraction of sp³-hybridized carbons (Fsp3) is 0.182. The van der Waals surface area contributed by atoms with Crippen molar-refractivity contribution in [2.24, 2.45) is 0 Å². The molecule has 0 spiro atoms. The predicted molar refractivity (Wildman–Crippen MR) is 59.5 cm³/mol. The Hall–Kier alpha value is -2.25. The van der Waals surface area contributed by atoms with Crippen molar-refractivity contribution < 1.29 is 22.3 Å². The summed E-state index contributed by atoms with van der Waals surface area (Å²) < 4.78 is 56.4. The topological polar surface area (TPSA) is 53.1 Å². The summed E-state index contributed by atoms with van der Waals surface area (Å²) in [6.45, 7) is 0. The first-order chi connectivity index (χ1) is 8.82. The van der Waals surface area contributed by atoms with Gasteiger partial charge in [0.05, 0.1) is 30.2 Å². The molecule has 2 aromatic rings. The highest BCUT2D eigenvalue weighted by atomic mass is 19.4. The van der Waals surface area contributed by atoms with Gasteiger partial charge in [0.25, 0.3) is 0 Å². The monoisotopic (exact) mass is 275 g/mol. The van der Waals surface area contributed by atoms with Gasteiger partial charge in [-0.15, -0.1) is 0 Å². The van der Waals surface area contributed by atoms with E-state index in [9.17, 15) is 17.6 Å². The maximum Gasteiger partial charge on any atom is 0.419 e. The molecule has 2 rings (SSSR count). The quantitative estimate of drug-likeness (QED) is 0.677. The Labute approximate surface area is 105 Å². The average molecular weight is 275 g/mol. The van der Waals surface area contributed by atoms with Crippen LogP contribution in [0.5, 0.6) is 5.75 Å². The third kappa shape index (κ3) is 2.47. The van der Waals surface area contributed by atoms with Gasteiger partial charge < -0.3 is 10.5 Å². The second-order valence-corrected chi connectivity index (χ2v) is 3.72. The molecule has 0 aliphatic carbocycles. The second-order valence-electron chi connectivity index (χ2n) is 3.72. The van der Waals surface area contributed by atoms with Gasteiger partial charge in [0, 0.05) is 18.3 Å². The van der Waals surface area contributed by atoms with Crippen molar-refractivity contribution in [1.82, 2.24) is 9.78 Å². The minimum Gasteiger partial charge on any atom is -0.494 e. The van der Waals surface area contributed by atoms with Crippen LogP contribution in [0.2, 0.25) is 0 Å². The SMILES string of the molecule is COc1cc(-n2cc(C(F)(F)F)cn2)c(N)cc1F. The molecular formula is C11H9F4N3O. The highest BCUT2D eigenvalue weighted by molar-refractivity contribution is 5.60. The molecule has 8 heteroatoms. The fourth-order valence-corrected chi connectivity index (χ4v) is 1.51. The number of hydrogen-bond donors (Lipinski definition) is 1. The fourth-order valence-electron chi connectivity index (χ4n) is 1.51. The summed E-state index contributed by atoms with van der Waals surface area (Å²) in [5.41, 5.74) is 4.70. The Morgan fingerprint density at radius 1 is 1.32 bits per heavy atom. The molecule has 0 aliphatic rings. The number of nitrogens with zero attached hydrogens (tertiary/aromatic N) is 2. The molecule has 1 aromatic heterocycles. The van der Waals surface area contributed by atoms with Gasteiger partial charge in [-0.05, 0) is 0 Å². The van der Waals surface area contributed by atoms with E-state index in [1.54, 1.807) is 0 Å². The summed E-state index contributed by atoms with van der Waals surface area (Å²) in [5.74, 6) is -0.833. The van der Waals surface area contributed by atoms with E-state index < -0.39 is 17.6 Å². The first-order valence-corrected chi connectivity index (χ1v) is 5.08. The number of anilines is 1. The minimum atomic E-state index is -4.50. The summed E-state index contributed by atoms with van der Waals surface area (Å²) in [5, 5.41) is 3.56. The molecule has 1 aromatic carbocycles. The summed E-state index contributed by atoms with van der Waals surface area (Å²) in [6, 6.07) is 2.14. The summed E-state index contributed by atoms with van der Waals surface area (Å²) >= 11 is 0. The lowest BCUT2D eigenvalue weighted by Crippen LogP contribution is -2.04. The third-order valence-electron chi connectivity index (χ3n) is 2.46. The van der Waals surface area contributed by atoms with Crippen molar-refractivity contribution >= 4 is 5.69 Å². The molecule has 0 atom stereocenters. The molecule has 19 heavy (non-hydrogen) atoms. The molecule has 0 aliphatic heterocycles. The van der Waals surface area contributed by atoms with Gasteiger partial charge in [-0.1, -0.05) is 0 Å². The number of rotatable bonds is 2. The number of methoxy groups -OCH3 is 1. The van der Waals surface area contributed by atoms with Crippen LogP contribution in [0.3, 0.4) is 0 Å². The summed E-state index contributed by atoms with van der Waals surface area (Å²) in [7, 11) is 1.24. The van der Waals surface area contributed by atoms with Crippen LogP contribution in [0.4, 0.5) is 23.2 Å². The highest BCUT2D eigenvalue weighted by Crippen LogP contribution is 2.31. The normalized spacial score (nSPS) is 11.6. The van der Waals surface area contributed by atoms with Crippen LogP contribution in [0.25, 0.3) is 5.69 Å². The maximum atomic E-state index is 13.3. The van der Waals surface area contributed by atoms with Crippen molar-refractivity contribution in [1.29, 1.82) is 0 Å². The number of nitrogens with two attached hydrogens (primary N) is 1. The van der Waals surface area contributed by atoms with Crippen LogP contribution in [-0.4, -0.2) is 16.9 Å². The molecule has 0 radical (unpaired) electrons. The molecule has 0 amide bonds. The van der Waals surface area contributed by atoms with Gasteiger partial charge in [-0.2, -0.15) is 18.3 Å². The van der Waals surface area contributed by atoms with Crippen molar-refractivity contribution in [2.45, 2.75) is 6.18 Å². The molecule has 102 valence electrons. The zero-order valence-electron chi connectivity index (χ0n) is 9.70. The van der Waals surface area contributed by atoms with Crippen LogP contribution < -0.4 is 10.5 Å². The lowest BCUT2D eigenvalue weighted by atomic mass is 10.2. The van der Waals surface area contributed by atoms with E-state index >= 15 is 0 Å².